The molecule has 36 heavy (non-hydrogen) atoms. The molecule has 1 aliphatic carbocycles. The van der Waals surface area contributed by atoms with Crippen LogP contribution in [0, 0.1) is 0 Å². The summed E-state index contributed by atoms with van der Waals surface area (Å²) in [6, 6.07) is 10.7. The predicted molar refractivity (Wildman–Crippen MR) is 142 cm³/mol. The first-order chi connectivity index (χ1) is 17.0. The number of nitrogens with zero attached hydrogens (tertiary/aromatic N) is 2. The highest BCUT2D eigenvalue weighted by molar-refractivity contribution is 7.92. The minimum absolute atomic E-state index is 0.0824. The van der Waals surface area contributed by atoms with Gasteiger partial charge >= 0.3 is 0 Å². The fourth-order valence-corrected chi connectivity index (χ4v) is 5.55. The molecule has 0 radical (unpaired) electrons. The summed E-state index contributed by atoms with van der Waals surface area (Å²) in [5.41, 5.74) is 0.928. The lowest BCUT2D eigenvalue weighted by molar-refractivity contribution is -0.139. The molecule has 1 saturated carbocycles. The van der Waals surface area contributed by atoms with Gasteiger partial charge in [-0.1, -0.05) is 48.2 Å². The minimum atomic E-state index is -3.88. The van der Waals surface area contributed by atoms with Crippen molar-refractivity contribution < 1.29 is 22.7 Å². The van der Waals surface area contributed by atoms with Crippen LogP contribution in [-0.2, 0) is 26.2 Å². The van der Waals surface area contributed by atoms with Crippen LogP contribution in [0.25, 0.3) is 0 Å². The molecule has 1 aliphatic rings. The van der Waals surface area contributed by atoms with E-state index in [2.05, 4.69) is 5.32 Å². The summed E-state index contributed by atoms with van der Waals surface area (Å²) in [5, 5.41) is 3.50. The lowest BCUT2D eigenvalue weighted by Gasteiger charge is -2.32. The summed E-state index contributed by atoms with van der Waals surface area (Å²) in [6.07, 6.45) is 4.92. The molecule has 1 N–H and O–H groups in total. The molecule has 8 nitrogen and oxygen atoms in total. The van der Waals surface area contributed by atoms with Crippen LogP contribution in [0.15, 0.2) is 42.5 Å². The molecule has 0 bridgehead atoms. The van der Waals surface area contributed by atoms with Gasteiger partial charge in [0.1, 0.15) is 18.3 Å². The second-order valence-corrected chi connectivity index (χ2v) is 11.7. The molecule has 0 aliphatic heterocycles. The van der Waals surface area contributed by atoms with Crippen LogP contribution in [0.3, 0.4) is 0 Å². The summed E-state index contributed by atoms with van der Waals surface area (Å²) in [7, 11) is -2.32. The van der Waals surface area contributed by atoms with E-state index in [-0.39, 0.29) is 34.2 Å². The normalized spacial score (nSPS) is 14.8. The molecule has 1 unspecified atom stereocenters. The van der Waals surface area contributed by atoms with Crippen molar-refractivity contribution in [3.63, 3.8) is 0 Å². The Kier molecular flexibility index (Phi) is 9.49. The number of carbonyl (C=O) groups is 2. The number of methoxy groups -OCH3 is 1. The highest BCUT2D eigenvalue weighted by Crippen LogP contribution is 2.27. The van der Waals surface area contributed by atoms with Crippen LogP contribution < -0.4 is 14.4 Å². The highest BCUT2D eigenvalue weighted by Gasteiger charge is 2.31. The number of hydrogen-bond donors (Lipinski definition) is 1. The molecule has 0 heterocycles. The predicted octanol–water partition coefficient (Wildman–Crippen LogP) is 4.24. The zero-order chi connectivity index (χ0) is 26.5. The molecule has 0 aromatic heterocycles. The van der Waals surface area contributed by atoms with E-state index in [1.165, 1.54) is 23.1 Å². The number of hydrogen-bond acceptors (Lipinski definition) is 5. The lowest BCUT2D eigenvalue weighted by Crippen LogP contribution is -2.52. The Morgan fingerprint density at radius 1 is 1.08 bits per heavy atom. The van der Waals surface area contributed by atoms with Crippen molar-refractivity contribution in [2.24, 2.45) is 0 Å². The van der Waals surface area contributed by atoms with E-state index >= 15 is 0 Å². The Labute approximate surface area is 222 Å². The first-order valence-corrected chi connectivity index (χ1v) is 14.2. The molecule has 2 aromatic rings. The molecule has 11 heteroatoms. The van der Waals surface area contributed by atoms with Crippen molar-refractivity contribution in [3.8, 4) is 5.75 Å². The Balaban J connectivity index is 1.89. The van der Waals surface area contributed by atoms with Crippen molar-refractivity contribution >= 4 is 50.7 Å². The van der Waals surface area contributed by atoms with Gasteiger partial charge in [-0.15, -0.1) is 0 Å². The molecule has 196 valence electrons. The Morgan fingerprint density at radius 3 is 2.19 bits per heavy atom. The molecule has 2 aromatic carbocycles. The summed E-state index contributed by atoms with van der Waals surface area (Å²) in [4.78, 5) is 28.1. The van der Waals surface area contributed by atoms with E-state index in [4.69, 9.17) is 27.9 Å². The number of nitrogens with one attached hydrogen (secondary N) is 1. The van der Waals surface area contributed by atoms with Gasteiger partial charge in [-0.2, -0.15) is 0 Å². The van der Waals surface area contributed by atoms with Crippen molar-refractivity contribution in [2.45, 2.75) is 51.2 Å². The van der Waals surface area contributed by atoms with Gasteiger partial charge in [0.15, 0.2) is 0 Å². The largest absolute Gasteiger partial charge is 0.497 e. The second kappa shape index (κ2) is 12.2. The number of benzene rings is 2. The number of rotatable bonds is 10. The van der Waals surface area contributed by atoms with Crippen LogP contribution in [0.1, 0.15) is 38.2 Å². The van der Waals surface area contributed by atoms with E-state index in [1.54, 1.807) is 38.3 Å². The van der Waals surface area contributed by atoms with Crippen LogP contribution in [0.2, 0.25) is 10.0 Å². The van der Waals surface area contributed by atoms with Gasteiger partial charge in [0.2, 0.25) is 21.8 Å². The fraction of sp³-hybridized carbons (Fsp3) is 0.440. The van der Waals surface area contributed by atoms with E-state index in [1.807, 2.05) is 0 Å². The van der Waals surface area contributed by atoms with Gasteiger partial charge in [0.05, 0.1) is 19.1 Å². The van der Waals surface area contributed by atoms with Crippen LogP contribution in [-0.4, -0.2) is 57.1 Å². The first kappa shape index (κ1) is 28.1. The van der Waals surface area contributed by atoms with Crippen molar-refractivity contribution in [3.05, 3.63) is 58.1 Å². The maximum atomic E-state index is 13.6. The topological polar surface area (TPSA) is 96.0 Å². The third-order valence-corrected chi connectivity index (χ3v) is 7.77. The third kappa shape index (κ3) is 7.51. The lowest BCUT2D eigenvalue weighted by atomic mass is 10.1. The zero-order valence-corrected chi connectivity index (χ0v) is 22.9. The maximum absolute atomic E-state index is 13.6. The van der Waals surface area contributed by atoms with E-state index in [0.717, 1.165) is 41.8 Å². The average Bonchev–Trinajstić information content (AvgIpc) is 3.32. The second-order valence-electron chi connectivity index (χ2n) is 8.93. The summed E-state index contributed by atoms with van der Waals surface area (Å²) in [5.74, 6) is -0.161. The van der Waals surface area contributed by atoms with Crippen LogP contribution >= 0.6 is 23.2 Å². The number of carbonyl (C=O) groups excluding carboxylic acids is 2. The summed E-state index contributed by atoms with van der Waals surface area (Å²) >= 11 is 12.2. The highest BCUT2D eigenvalue weighted by atomic mass is 35.5. The van der Waals surface area contributed by atoms with Crippen molar-refractivity contribution in [1.29, 1.82) is 0 Å². The summed E-state index contributed by atoms with van der Waals surface area (Å²) < 4.78 is 31.4. The summed E-state index contributed by atoms with van der Waals surface area (Å²) in [6.45, 7) is 1.23. The number of halogens is 2. The van der Waals surface area contributed by atoms with Gasteiger partial charge in [0, 0.05) is 22.6 Å². The standard InChI is InChI=1S/C25H31Cl2N3O5S/c1-17(25(32)28-21-6-4-5-7-21)29(15-18-8-10-23(35-2)11-9-18)24(31)16-30(36(3,33)34)22-13-19(26)12-20(27)14-22/h8-14,17,21H,4-7,15-16H2,1-3H3,(H,28,32). The first-order valence-electron chi connectivity index (χ1n) is 11.6. The number of sulfonamides is 1. The van der Waals surface area contributed by atoms with Gasteiger partial charge < -0.3 is 15.0 Å². The number of anilines is 1. The van der Waals surface area contributed by atoms with E-state index in [0.29, 0.717) is 5.75 Å². The van der Waals surface area contributed by atoms with Gasteiger partial charge in [0.25, 0.3) is 0 Å². The third-order valence-electron chi connectivity index (χ3n) is 6.20. The zero-order valence-electron chi connectivity index (χ0n) is 20.5. The molecule has 0 spiro atoms. The van der Waals surface area contributed by atoms with Gasteiger partial charge in [-0.3, -0.25) is 13.9 Å². The van der Waals surface area contributed by atoms with Crippen LogP contribution in [0.4, 0.5) is 5.69 Å². The van der Waals surface area contributed by atoms with Crippen molar-refractivity contribution in [2.75, 3.05) is 24.2 Å². The molecule has 1 atom stereocenters. The average molecular weight is 557 g/mol. The van der Waals surface area contributed by atoms with Gasteiger partial charge in [-0.25, -0.2) is 8.42 Å². The van der Waals surface area contributed by atoms with Crippen molar-refractivity contribution in [1.82, 2.24) is 10.2 Å². The number of amides is 2. The molecule has 0 saturated heterocycles. The SMILES string of the molecule is COc1ccc(CN(C(=O)CN(c2cc(Cl)cc(Cl)c2)S(C)(=O)=O)C(C)C(=O)NC2CCCC2)cc1. The smallest absolute Gasteiger partial charge is 0.244 e. The molecular formula is C25H31Cl2N3O5S. The molecule has 2 amide bonds. The Bertz CT molecular complexity index is 1160. The minimum Gasteiger partial charge on any atom is -0.497 e. The molecule has 1 fully saturated rings. The maximum Gasteiger partial charge on any atom is 0.244 e. The molecule has 3 rings (SSSR count). The fourth-order valence-electron chi connectivity index (χ4n) is 4.20. The van der Waals surface area contributed by atoms with E-state index < -0.39 is 28.5 Å². The van der Waals surface area contributed by atoms with Gasteiger partial charge in [-0.05, 0) is 55.7 Å². The monoisotopic (exact) mass is 555 g/mol. The molecular weight excluding hydrogens is 525 g/mol. The number of ether oxygens (including phenoxy) is 1. The quantitative estimate of drug-likeness (QED) is 0.472. The Morgan fingerprint density at radius 2 is 1.67 bits per heavy atom. The van der Waals surface area contributed by atoms with E-state index in [9.17, 15) is 18.0 Å². The Hall–Kier alpha value is -2.49. The van der Waals surface area contributed by atoms with Crippen LogP contribution in [0.5, 0.6) is 5.75 Å².